The van der Waals surface area contributed by atoms with Gasteiger partial charge in [-0.05, 0) is 43.0 Å². The fraction of sp³-hybridized carbons (Fsp3) is 0.455. The quantitative estimate of drug-likeness (QED) is 0.692. The third-order valence-corrected chi connectivity index (χ3v) is 3.40. The first-order valence-electron chi connectivity index (χ1n) is 4.80. The van der Waals surface area contributed by atoms with E-state index in [2.05, 4.69) is 5.32 Å². The molecule has 4 rings (SSSR count). The Morgan fingerprint density at radius 3 is 2.46 bits per heavy atom. The zero-order valence-corrected chi connectivity index (χ0v) is 7.39. The molecule has 2 heteroatoms. The Bertz CT molecular complexity index is 319. The van der Waals surface area contributed by atoms with Gasteiger partial charge in [-0.15, -0.1) is 0 Å². The minimum atomic E-state index is -0.144. The van der Waals surface area contributed by atoms with Crippen molar-refractivity contribution in [2.75, 3.05) is 6.54 Å². The summed E-state index contributed by atoms with van der Waals surface area (Å²) < 4.78 is 12.7. The van der Waals surface area contributed by atoms with Crippen molar-refractivity contribution in [3.8, 4) is 0 Å². The van der Waals surface area contributed by atoms with Gasteiger partial charge in [0.15, 0.2) is 0 Å². The largest absolute Gasteiger partial charge is 0.307 e. The van der Waals surface area contributed by atoms with Gasteiger partial charge in [0.05, 0.1) is 0 Å². The third-order valence-electron chi connectivity index (χ3n) is 3.40. The first-order valence-corrected chi connectivity index (χ1v) is 4.80. The van der Waals surface area contributed by atoms with E-state index in [1.54, 1.807) is 12.1 Å². The molecule has 2 aliphatic heterocycles. The Balaban J connectivity index is 1.96. The van der Waals surface area contributed by atoms with Gasteiger partial charge in [0.25, 0.3) is 0 Å². The summed E-state index contributed by atoms with van der Waals surface area (Å²) in [7, 11) is 0. The molecule has 0 radical (unpaired) electrons. The highest BCUT2D eigenvalue weighted by Gasteiger charge is 2.50. The lowest BCUT2D eigenvalue weighted by Gasteiger charge is -2.38. The van der Waals surface area contributed by atoms with E-state index in [1.807, 2.05) is 12.1 Å². The molecule has 0 amide bonds. The van der Waals surface area contributed by atoms with Gasteiger partial charge in [0.2, 0.25) is 0 Å². The molecule has 2 bridgehead atoms. The number of hydrogen-bond acceptors (Lipinski definition) is 1. The first kappa shape index (κ1) is 7.51. The second-order valence-corrected chi connectivity index (χ2v) is 4.24. The monoisotopic (exact) mass is 177 g/mol. The summed E-state index contributed by atoms with van der Waals surface area (Å²) in [5.74, 6) is 0.721. The van der Waals surface area contributed by atoms with Crippen molar-refractivity contribution in [3.63, 3.8) is 0 Å². The minimum absolute atomic E-state index is 0.144. The van der Waals surface area contributed by atoms with Crippen LogP contribution in [0.4, 0.5) is 4.39 Å². The lowest BCUT2D eigenvalue weighted by Crippen LogP contribution is -2.39. The van der Waals surface area contributed by atoms with Crippen LogP contribution in [0.1, 0.15) is 18.4 Å². The van der Waals surface area contributed by atoms with Gasteiger partial charge in [0.1, 0.15) is 5.82 Å². The van der Waals surface area contributed by atoms with E-state index in [4.69, 9.17) is 0 Å². The van der Waals surface area contributed by atoms with Gasteiger partial charge in [-0.3, -0.25) is 0 Å². The predicted octanol–water partition coefficient (Wildman–Crippen LogP) is 2.03. The van der Waals surface area contributed by atoms with Gasteiger partial charge in [-0.25, -0.2) is 4.39 Å². The maximum absolute atomic E-state index is 12.7. The van der Waals surface area contributed by atoms with Crippen molar-refractivity contribution < 1.29 is 4.39 Å². The zero-order valence-electron chi connectivity index (χ0n) is 7.39. The lowest BCUT2D eigenvalue weighted by molar-refractivity contribution is 0.229. The second-order valence-electron chi connectivity index (χ2n) is 4.24. The highest BCUT2D eigenvalue weighted by Crippen LogP contribution is 2.50. The Morgan fingerprint density at radius 2 is 1.92 bits per heavy atom. The Morgan fingerprint density at radius 1 is 1.23 bits per heavy atom. The summed E-state index contributed by atoms with van der Waals surface area (Å²) in [5.41, 5.74) is 1.46. The fourth-order valence-electron chi connectivity index (χ4n) is 2.66. The molecule has 1 aliphatic carbocycles. The summed E-state index contributed by atoms with van der Waals surface area (Å²) in [5, 5.41) is 3.52. The van der Waals surface area contributed by atoms with E-state index in [0.29, 0.717) is 0 Å². The molecule has 1 saturated carbocycles. The average molecular weight is 177 g/mol. The summed E-state index contributed by atoms with van der Waals surface area (Å²) in [6, 6.07) is 6.92. The number of rotatable bonds is 1. The second kappa shape index (κ2) is 2.32. The molecule has 1 aromatic carbocycles. The van der Waals surface area contributed by atoms with E-state index < -0.39 is 0 Å². The summed E-state index contributed by atoms with van der Waals surface area (Å²) in [6.07, 6.45) is 2.47. The van der Waals surface area contributed by atoms with E-state index in [0.717, 1.165) is 12.5 Å². The van der Waals surface area contributed by atoms with Crippen molar-refractivity contribution in [1.82, 2.24) is 5.32 Å². The maximum atomic E-state index is 12.7. The molecule has 2 saturated heterocycles. The molecule has 13 heavy (non-hydrogen) atoms. The van der Waals surface area contributed by atoms with E-state index in [1.165, 1.54) is 18.4 Å². The normalized spacial score (nSPS) is 35.9. The van der Waals surface area contributed by atoms with Crippen LogP contribution in [0.3, 0.4) is 0 Å². The van der Waals surface area contributed by atoms with Crippen molar-refractivity contribution in [2.45, 2.75) is 18.4 Å². The fourth-order valence-corrected chi connectivity index (χ4v) is 2.66. The molecule has 1 nitrogen and oxygen atoms in total. The lowest BCUT2D eigenvalue weighted by atomic mass is 9.70. The van der Waals surface area contributed by atoms with Crippen LogP contribution in [0.25, 0.3) is 0 Å². The van der Waals surface area contributed by atoms with Gasteiger partial charge >= 0.3 is 0 Å². The summed E-state index contributed by atoms with van der Waals surface area (Å²) >= 11 is 0. The van der Waals surface area contributed by atoms with Gasteiger partial charge in [-0.1, -0.05) is 12.1 Å². The smallest absolute Gasteiger partial charge is 0.123 e. The highest BCUT2D eigenvalue weighted by molar-refractivity contribution is 5.30. The topological polar surface area (TPSA) is 12.0 Å². The molecule has 1 N–H and O–H groups in total. The average Bonchev–Trinajstić information content (AvgIpc) is 2.63. The number of nitrogens with one attached hydrogen (secondary N) is 1. The van der Waals surface area contributed by atoms with Crippen LogP contribution in [-0.2, 0) is 5.54 Å². The van der Waals surface area contributed by atoms with E-state index >= 15 is 0 Å². The van der Waals surface area contributed by atoms with Crippen LogP contribution < -0.4 is 5.32 Å². The van der Waals surface area contributed by atoms with Gasteiger partial charge in [-0.2, -0.15) is 0 Å². The standard InChI is InChI=1S/C11H12FN/c12-10-3-1-9(2-4-10)11-5-8(6-11)7-13-11/h1-4,8,13H,5-7H2. The Kier molecular flexibility index (Phi) is 1.34. The Labute approximate surface area is 77.0 Å². The molecular formula is C11H12FN. The van der Waals surface area contributed by atoms with E-state index in [9.17, 15) is 4.39 Å². The van der Waals surface area contributed by atoms with Gasteiger partial charge < -0.3 is 5.32 Å². The van der Waals surface area contributed by atoms with Crippen LogP contribution in [0, 0.1) is 11.7 Å². The van der Waals surface area contributed by atoms with Crippen molar-refractivity contribution in [1.29, 1.82) is 0 Å². The van der Waals surface area contributed by atoms with Crippen LogP contribution in [0.2, 0.25) is 0 Å². The SMILES string of the molecule is Fc1ccc(C23CC(CN2)C3)cc1. The van der Waals surface area contributed by atoms with Crippen molar-refractivity contribution in [2.24, 2.45) is 5.92 Å². The van der Waals surface area contributed by atoms with Crippen LogP contribution in [0.15, 0.2) is 24.3 Å². The molecule has 3 aliphatic rings. The molecule has 0 spiro atoms. The van der Waals surface area contributed by atoms with Crippen LogP contribution in [-0.4, -0.2) is 6.54 Å². The maximum Gasteiger partial charge on any atom is 0.123 e. The van der Waals surface area contributed by atoms with Gasteiger partial charge in [0, 0.05) is 5.54 Å². The zero-order chi connectivity index (χ0) is 8.89. The van der Waals surface area contributed by atoms with Crippen LogP contribution >= 0.6 is 0 Å². The molecular weight excluding hydrogens is 165 g/mol. The highest BCUT2D eigenvalue weighted by atomic mass is 19.1. The molecule has 1 aromatic rings. The summed E-state index contributed by atoms with van der Waals surface area (Å²) in [4.78, 5) is 0. The number of fused-ring (bicyclic) bond motifs is 1. The third kappa shape index (κ3) is 0.953. The van der Waals surface area contributed by atoms with E-state index in [-0.39, 0.29) is 11.4 Å². The van der Waals surface area contributed by atoms with Crippen molar-refractivity contribution >= 4 is 0 Å². The minimum Gasteiger partial charge on any atom is -0.307 e. The molecule has 0 atom stereocenters. The molecule has 3 fully saturated rings. The van der Waals surface area contributed by atoms with Crippen molar-refractivity contribution in [3.05, 3.63) is 35.6 Å². The molecule has 0 aromatic heterocycles. The molecule has 68 valence electrons. The predicted molar refractivity (Wildman–Crippen MR) is 48.8 cm³/mol. The number of benzene rings is 1. The number of hydrogen-bond donors (Lipinski definition) is 1. The summed E-state index contributed by atoms with van der Waals surface area (Å²) in [6.45, 7) is 1.14. The Hall–Kier alpha value is -0.890. The van der Waals surface area contributed by atoms with Crippen LogP contribution in [0.5, 0.6) is 0 Å². The molecule has 0 unspecified atom stereocenters. The molecule has 2 heterocycles. The first-order chi connectivity index (χ1) is 6.28. The number of halogens is 1.